The highest BCUT2D eigenvalue weighted by Gasteiger charge is 2.43. The first-order valence-electron chi connectivity index (χ1n) is 6.27. The number of hydrogen-bond donors (Lipinski definition) is 1. The zero-order chi connectivity index (χ0) is 11.9. The number of hydrogen-bond acceptors (Lipinski definition) is 2. The summed E-state index contributed by atoms with van der Waals surface area (Å²) in [5, 5.41) is 4.13. The monoisotopic (exact) mass is 251 g/mol. The van der Waals surface area contributed by atoms with Crippen LogP contribution in [0, 0.1) is 5.41 Å². The van der Waals surface area contributed by atoms with Gasteiger partial charge in [0.25, 0.3) is 0 Å². The number of benzene rings is 1. The lowest BCUT2D eigenvalue weighted by Crippen LogP contribution is -2.51. The highest BCUT2D eigenvalue weighted by Crippen LogP contribution is 2.49. The Hall–Kier alpha value is -0.730. The first kappa shape index (κ1) is 11.4. The molecule has 1 aromatic rings. The molecule has 1 N–H and O–H groups in total. The predicted octanol–water partition coefficient (Wildman–Crippen LogP) is 3.21. The molecule has 1 unspecified atom stereocenters. The largest absolute Gasteiger partial charge is 0.495 e. The van der Waals surface area contributed by atoms with E-state index < -0.39 is 0 Å². The van der Waals surface area contributed by atoms with Crippen LogP contribution in [0.1, 0.15) is 30.7 Å². The van der Waals surface area contributed by atoms with Gasteiger partial charge in [-0.3, -0.25) is 0 Å². The van der Waals surface area contributed by atoms with Crippen LogP contribution >= 0.6 is 11.6 Å². The van der Waals surface area contributed by atoms with E-state index in [2.05, 4.69) is 17.4 Å². The van der Waals surface area contributed by atoms with Crippen LogP contribution in [0.5, 0.6) is 5.75 Å². The molecule has 0 aromatic heterocycles. The highest BCUT2D eigenvalue weighted by atomic mass is 35.5. The maximum absolute atomic E-state index is 6.19. The Balaban J connectivity index is 1.78. The van der Waals surface area contributed by atoms with Crippen molar-refractivity contribution in [3.05, 3.63) is 28.8 Å². The molecule has 1 spiro atoms. The molecular weight excluding hydrogens is 234 g/mol. The van der Waals surface area contributed by atoms with E-state index in [1.54, 1.807) is 7.11 Å². The van der Waals surface area contributed by atoms with E-state index in [1.807, 2.05) is 6.07 Å². The third kappa shape index (κ3) is 1.94. The van der Waals surface area contributed by atoms with Crippen LogP contribution in [0.2, 0.25) is 5.02 Å². The summed E-state index contributed by atoms with van der Waals surface area (Å²) in [6.07, 6.45) is 3.96. The van der Waals surface area contributed by atoms with Crippen molar-refractivity contribution in [2.75, 3.05) is 20.2 Å². The lowest BCUT2D eigenvalue weighted by atomic mass is 9.79. The molecule has 1 saturated heterocycles. The molecule has 1 aliphatic carbocycles. The van der Waals surface area contributed by atoms with Gasteiger partial charge in [-0.15, -0.1) is 0 Å². The Morgan fingerprint density at radius 1 is 1.41 bits per heavy atom. The lowest BCUT2D eigenvalue weighted by molar-refractivity contribution is 0.175. The van der Waals surface area contributed by atoms with E-state index in [-0.39, 0.29) is 0 Å². The summed E-state index contributed by atoms with van der Waals surface area (Å²) in [4.78, 5) is 0. The number of halogens is 1. The number of methoxy groups -OCH3 is 1. The summed E-state index contributed by atoms with van der Waals surface area (Å²) in [5.41, 5.74) is 1.97. The normalized spacial score (nSPS) is 25.9. The molecule has 1 aromatic carbocycles. The molecule has 0 bridgehead atoms. The van der Waals surface area contributed by atoms with E-state index in [4.69, 9.17) is 16.3 Å². The molecule has 2 nitrogen and oxygen atoms in total. The van der Waals surface area contributed by atoms with E-state index in [0.29, 0.717) is 11.3 Å². The van der Waals surface area contributed by atoms with Gasteiger partial charge in [0.05, 0.1) is 12.1 Å². The van der Waals surface area contributed by atoms with Gasteiger partial charge in [0.2, 0.25) is 0 Å². The fourth-order valence-electron chi connectivity index (χ4n) is 3.23. The van der Waals surface area contributed by atoms with Crippen LogP contribution in [0.3, 0.4) is 0 Å². The summed E-state index contributed by atoms with van der Waals surface area (Å²) < 4.78 is 5.19. The minimum Gasteiger partial charge on any atom is -0.495 e. The average molecular weight is 252 g/mol. The molecule has 0 amide bonds. The number of ether oxygens (including phenoxy) is 1. The van der Waals surface area contributed by atoms with Crippen LogP contribution in [0.25, 0.3) is 0 Å². The molecule has 1 saturated carbocycles. The third-order valence-corrected chi connectivity index (χ3v) is 4.65. The van der Waals surface area contributed by atoms with Crippen molar-refractivity contribution in [2.45, 2.75) is 25.2 Å². The van der Waals surface area contributed by atoms with Crippen molar-refractivity contribution in [1.82, 2.24) is 5.32 Å². The second kappa shape index (κ2) is 4.18. The molecule has 1 heterocycles. The standard InChI is InChI=1S/C14H18ClNO/c1-17-13-3-2-10(6-12(13)15)11-4-5-14(7-11)8-16-9-14/h2-3,6,11,16H,4-5,7-9H2,1H3. The molecule has 17 heavy (non-hydrogen) atoms. The van der Waals surface area contributed by atoms with Gasteiger partial charge in [-0.2, -0.15) is 0 Å². The van der Waals surface area contributed by atoms with Gasteiger partial charge in [0, 0.05) is 13.1 Å². The summed E-state index contributed by atoms with van der Waals surface area (Å²) >= 11 is 6.19. The minimum atomic E-state index is 0.594. The van der Waals surface area contributed by atoms with Crippen molar-refractivity contribution < 1.29 is 4.74 Å². The molecule has 92 valence electrons. The van der Waals surface area contributed by atoms with Crippen molar-refractivity contribution in [1.29, 1.82) is 0 Å². The highest BCUT2D eigenvalue weighted by molar-refractivity contribution is 6.32. The average Bonchev–Trinajstić information content (AvgIpc) is 2.73. The molecule has 3 heteroatoms. The van der Waals surface area contributed by atoms with Gasteiger partial charge < -0.3 is 10.1 Å². The quantitative estimate of drug-likeness (QED) is 0.872. The molecule has 3 rings (SSSR count). The minimum absolute atomic E-state index is 0.594. The van der Waals surface area contributed by atoms with Crippen LogP contribution < -0.4 is 10.1 Å². The fraction of sp³-hybridized carbons (Fsp3) is 0.571. The molecule has 0 radical (unpaired) electrons. The Labute approximate surface area is 107 Å². The zero-order valence-electron chi connectivity index (χ0n) is 10.1. The maximum atomic E-state index is 6.19. The van der Waals surface area contributed by atoms with E-state index >= 15 is 0 Å². The van der Waals surface area contributed by atoms with Crippen molar-refractivity contribution in [3.8, 4) is 5.75 Å². The molecule has 2 fully saturated rings. The summed E-state index contributed by atoms with van der Waals surface area (Å²) in [7, 11) is 1.66. The maximum Gasteiger partial charge on any atom is 0.137 e. The van der Waals surface area contributed by atoms with Crippen molar-refractivity contribution >= 4 is 11.6 Å². The molecule has 2 aliphatic rings. The number of nitrogens with one attached hydrogen (secondary N) is 1. The van der Waals surface area contributed by atoms with Gasteiger partial charge in [-0.05, 0) is 48.3 Å². The first-order valence-corrected chi connectivity index (χ1v) is 6.64. The van der Waals surface area contributed by atoms with E-state index in [0.717, 1.165) is 10.8 Å². The van der Waals surface area contributed by atoms with Gasteiger partial charge in [-0.1, -0.05) is 17.7 Å². The Kier molecular flexibility index (Phi) is 2.80. The topological polar surface area (TPSA) is 21.3 Å². The van der Waals surface area contributed by atoms with E-state index in [1.165, 1.54) is 37.9 Å². The Morgan fingerprint density at radius 2 is 2.24 bits per heavy atom. The Morgan fingerprint density at radius 3 is 2.76 bits per heavy atom. The van der Waals surface area contributed by atoms with E-state index in [9.17, 15) is 0 Å². The van der Waals surface area contributed by atoms with Gasteiger partial charge >= 0.3 is 0 Å². The zero-order valence-corrected chi connectivity index (χ0v) is 10.9. The Bertz CT molecular complexity index is 428. The van der Waals surface area contributed by atoms with Gasteiger partial charge in [0.1, 0.15) is 5.75 Å². The van der Waals surface area contributed by atoms with Crippen LogP contribution in [0.15, 0.2) is 18.2 Å². The SMILES string of the molecule is COc1ccc(C2CCC3(CNC3)C2)cc1Cl. The summed E-state index contributed by atoms with van der Waals surface area (Å²) in [6.45, 7) is 2.40. The molecule has 1 aliphatic heterocycles. The summed E-state index contributed by atoms with van der Waals surface area (Å²) in [5.74, 6) is 1.45. The van der Waals surface area contributed by atoms with Crippen molar-refractivity contribution in [3.63, 3.8) is 0 Å². The van der Waals surface area contributed by atoms with Gasteiger partial charge in [0.15, 0.2) is 0 Å². The number of rotatable bonds is 2. The third-order valence-electron chi connectivity index (χ3n) is 4.35. The van der Waals surface area contributed by atoms with Crippen LogP contribution in [0.4, 0.5) is 0 Å². The molecular formula is C14H18ClNO. The summed E-state index contributed by atoms with van der Waals surface area (Å²) in [6, 6.07) is 6.23. The smallest absolute Gasteiger partial charge is 0.137 e. The lowest BCUT2D eigenvalue weighted by Gasteiger charge is -2.39. The first-order chi connectivity index (χ1) is 8.22. The predicted molar refractivity (Wildman–Crippen MR) is 69.9 cm³/mol. The van der Waals surface area contributed by atoms with Crippen LogP contribution in [-0.4, -0.2) is 20.2 Å². The fourth-order valence-corrected chi connectivity index (χ4v) is 3.49. The molecule has 1 atom stereocenters. The van der Waals surface area contributed by atoms with Crippen LogP contribution in [-0.2, 0) is 0 Å². The second-order valence-electron chi connectivity index (χ2n) is 5.44. The van der Waals surface area contributed by atoms with Crippen molar-refractivity contribution in [2.24, 2.45) is 5.41 Å². The van der Waals surface area contributed by atoms with Gasteiger partial charge in [-0.25, -0.2) is 0 Å². The second-order valence-corrected chi connectivity index (χ2v) is 5.84.